The van der Waals surface area contributed by atoms with Crippen molar-refractivity contribution in [3.8, 4) is 0 Å². The van der Waals surface area contributed by atoms with Gasteiger partial charge < -0.3 is 0 Å². The Morgan fingerprint density at radius 2 is 1.29 bits per heavy atom. The van der Waals surface area contributed by atoms with Crippen LogP contribution in [0.2, 0.25) is 0 Å². The Morgan fingerprint density at radius 1 is 0.875 bits per heavy atom. The van der Waals surface area contributed by atoms with Gasteiger partial charge in [-0.2, -0.15) is 0 Å². The molecule has 0 unspecified atom stereocenters. The van der Waals surface area contributed by atoms with Crippen molar-refractivity contribution in [3.63, 3.8) is 0 Å². The average molecular weight is 382 g/mol. The fourth-order valence-corrected chi connectivity index (χ4v) is 2.25. The number of halogens is 6. The van der Waals surface area contributed by atoms with E-state index in [-0.39, 0.29) is 0 Å². The molecular formula is C15H29F6N2P. The van der Waals surface area contributed by atoms with Gasteiger partial charge in [-0.15, -0.1) is 0 Å². The van der Waals surface area contributed by atoms with E-state index in [9.17, 15) is 25.2 Å². The van der Waals surface area contributed by atoms with Gasteiger partial charge in [-0.3, -0.25) is 0 Å². The van der Waals surface area contributed by atoms with E-state index < -0.39 is 7.81 Å². The van der Waals surface area contributed by atoms with Crippen LogP contribution in [0.25, 0.3) is 0 Å². The number of imidazole rings is 1. The summed E-state index contributed by atoms with van der Waals surface area (Å²) in [5.74, 6) is 1.35. The summed E-state index contributed by atoms with van der Waals surface area (Å²) in [6.45, 7) is 5.64. The summed E-state index contributed by atoms with van der Waals surface area (Å²) in [4.78, 5) is 0. The van der Waals surface area contributed by atoms with E-state index in [1.54, 1.807) is 0 Å². The summed E-state index contributed by atoms with van der Waals surface area (Å²) in [7, 11) is -8.55. The molecule has 2 nitrogen and oxygen atoms in total. The van der Waals surface area contributed by atoms with E-state index >= 15 is 0 Å². The third-order valence-corrected chi connectivity index (χ3v) is 3.65. The molecule has 0 amide bonds. The van der Waals surface area contributed by atoms with Crippen LogP contribution in [-0.2, 0) is 13.6 Å². The van der Waals surface area contributed by atoms with Gasteiger partial charge in [0.1, 0.15) is 12.4 Å². The van der Waals surface area contributed by atoms with Crippen molar-refractivity contribution in [2.75, 3.05) is 0 Å². The molecule has 1 aromatic rings. The number of hydrogen-bond donors (Lipinski definition) is 0. The molecule has 1 rings (SSSR count). The SMILES string of the molecule is CCCCCCCCCCn1cc[n+](C)c1C.F[P-](F)(F)(F)(F)F. The molecule has 1 aromatic heterocycles. The zero-order valence-corrected chi connectivity index (χ0v) is 15.5. The molecule has 1 heterocycles. The maximum absolute atomic E-state index is 10.7. The van der Waals surface area contributed by atoms with E-state index in [1.807, 2.05) is 0 Å². The van der Waals surface area contributed by atoms with Crippen molar-refractivity contribution in [1.82, 2.24) is 4.57 Å². The average Bonchev–Trinajstić information content (AvgIpc) is 2.70. The monoisotopic (exact) mass is 382 g/mol. The predicted molar refractivity (Wildman–Crippen MR) is 86.5 cm³/mol. The van der Waals surface area contributed by atoms with Crippen LogP contribution in [-0.4, -0.2) is 4.57 Å². The molecule has 0 saturated carbocycles. The zero-order chi connectivity index (χ0) is 18.9. The summed E-state index contributed by atoms with van der Waals surface area (Å²) >= 11 is 0. The normalized spacial score (nSPS) is 14.5. The first-order chi connectivity index (χ1) is 10.7. The molecule has 0 fully saturated rings. The topological polar surface area (TPSA) is 8.81 Å². The Kier molecular flexibility index (Phi) is 8.27. The standard InChI is InChI=1S/C15H29N2.F6P/c1-4-5-6-7-8-9-10-11-12-17-14-13-16(3)15(17)2;1-7(2,3,4,5)6/h13-14H,4-12H2,1-3H3;/q+1;-1. The zero-order valence-electron chi connectivity index (χ0n) is 14.6. The second-order valence-corrected chi connectivity index (χ2v) is 8.00. The Morgan fingerprint density at radius 3 is 1.67 bits per heavy atom. The van der Waals surface area contributed by atoms with Crippen LogP contribution in [0, 0.1) is 6.92 Å². The minimum atomic E-state index is -10.7. The van der Waals surface area contributed by atoms with Gasteiger partial charge in [-0.05, 0) is 12.8 Å². The molecule has 0 radical (unpaired) electrons. The van der Waals surface area contributed by atoms with Crippen LogP contribution >= 0.6 is 7.81 Å². The van der Waals surface area contributed by atoms with Crippen LogP contribution < -0.4 is 4.57 Å². The predicted octanol–water partition coefficient (Wildman–Crippen LogP) is 7.14. The molecule has 0 aromatic carbocycles. The van der Waals surface area contributed by atoms with Gasteiger partial charge in [0.05, 0.1) is 13.6 Å². The molecule has 0 spiro atoms. The molecule has 9 heteroatoms. The van der Waals surface area contributed by atoms with Gasteiger partial charge in [0, 0.05) is 6.92 Å². The fraction of sp³-hybridized carbons (Fsp3) is 0.800. The Bertz CT molecular complexity index is 469. The number of aromatic nitrogens is 2. The molecule has 0 saturated heterocycles. The van der Waals surface area contributed by atoms with Gasteiger partial charge in [-0.25, -0.2) is 9.13 Å². The van der Waals surface area contributed by atoms with E-state index in [0.717, 1.165) is 0 Å². The van der Waals surface area contributed by atoms with Crippen molar-refractivity contribution >= 4 is 7.81 Å². The molecule has 0 N–H and O–H groups in total. The number of rotatable bonds is 9. The van der Waals surface area contributed by atoms with E-state index in [1.165, 1.54) is 63.7 Å². The quantitative estimate of drug-likeness (QED) is 0.186. The van der Waals surface area contributed by atoms with Crippen LogP contribution in [0.4, 0.5) is 25.2 Å². The summed E-state index contributed by atoms with van der Waals surface area (Å²) in [6.07, 6.45) is 15.5. The van der Waals surface area contributed by atoms with Crippen LogP contribution in [0.1, 0.15) is 64.1 Å². The fourth-order valence-electron chi connectivity index (χ4n) is 2.25. The van der Waals surface area contributed by atoms with E-state index in [2.05, 4.69) is 42.4 Å². The third kappa shape index (κ3) is 17.6. The van der Waals surface area contributed by atoms with Gasteiger partial charge in [0.15, 0.2) is 0 Å². The van der Waals surface area contributed by atoms with Crippen molar-refractivity contribution in [2.45, 2.75) is 71.8 Å². The molecule has 24 heavy (non-hydrogen) atoms. The number of aryl methyl sites for hydroxylation is 2. The molecule has 0 aliphatic rings. The Hall–Kier alpha value is -0.780. The second kappa shape index (κ2) is 8.54. The van der Waals surface area contributed by atoms with Gasteiger partial charge in [0.2, 0.25) is 0 Å². The molecule has 0 aliphatic carbocycles. The third-order valence-electron chi connectivity index (χ3n) is 3.65. The minimum absolute atomic E-state index is 1.18. The summed E-state index contributed by atoms with van der Waals surface area (Å²) < 4.78 is 63.7. The van der Waals surface area contributed by atoms with Gasteiger partial charge in [-0.1, -0.05) is 45.4 Å². The summed E-state index contributed by atoms with van der Waals surface area (Å²) in [5.41, 5.74) is 0. The van der Waals surface area contributed by atoms with Crippen molar-refractivity contribution in [2.24, 2.45) is 7.05 Å². The first-order valence-electron chi connectivity index (χ1n) is 8.28. The van der Waals surface area contributed by atoms with E-state index in [4.69, 9.17) is 0 Å². The van der Waals surface area contributed by atoms with Crippen molar-refractivity contribution in [1.29, 1.82) is 0 Å². The first kappa shape index (κ1) is 23.2. The molecule has 0 aliphatic heterocycles. The molecule has 0 bridgehead atoms. The number of unbranched alkanes of at least 4 members (excludes halogenated alkanes) is 7. The maximum atomic E-state index is 9.87. The molecule has 146 valence electrons. The number of hydrogen-bond acceptors (Lipinski definition) is 0. The van der Waals surface area contributed by atoms with Crippen LogP contribution in [0.5, 0.6) is 0 Å². The summed E-state index contributed by atoms with van der Waals surface area (Å²) in [5, 5.41) is 0. The van der Waals surface area contributed by atoms with Crippen LogP contribution in [0.3, 0.4) is 0 Å². The first-order valence-corrected chi connectivity index (χ1v) is 10.3. The Labute approximate surface area is 140 Å². The number of nitrogens with zero attached hydrogens (tertiary/aromatic N) is 2. The van der Waals surface area contributed by atoms with Crippen molar-refractivity contribution < 1.29 is 29.7 Å². The Balaban J connectivity index is 0.000000640. The second-order valence-electron chi connectivity index (χ2n) is 6.08. The van der Waals surface area contributed by atoms with Crippen LogP contribution in [0.15, 0.2) is 12.4 Å². The van der Waals surface area contributed by atoms with Gasteiger partial charge in [0.25, 0.3) is 5.82 Å². The van der Waals surface area contributed by atoms with Gasteiger partial charge >= 0.3 is 33.0 Å². The molecular weight excluding hydrogens is 353 g/mol. The molecule has 0 atom stereocenters. The van der Waals surface area contributed by atoms with E-state index in [0.29, 0.717) is 0 Å². The van der Waals surface area contributed by atoms with Crippen molar-refractivity contribution in [3.05, 3.63) is 18.2 Å². The summed E-state index contributed by atoms with van der Waals surface area (Å²) in [6, 6.07) is 0.